The molecule has 0 atom stereocenters. The molecule has 0 fully saturated rings. The van der Waals surface area contributed by atoms with Crippen LogP contribution in [0.4, 0.5) is 5.69 Å². The molecule has 41 heavy (non-hydrogen) atoms. The Labute approximate surface area is 251 Å². The van der Waals surface area contributed by atoms with Crippen molar-refractivity contribution in [2.45, 2.75) is 111 Å². The predicted molar refractivity (Wildman–Crippen MR) is 170 cm³/mol. The molecular formula is C35H49N2O3S+. The third-order valence-electron chi connectivity index (χ3n) is 7.44. The van der Waals surface area contributed by atoms with Gasteiger partial charge < -0.3 is 10.1 Å². The molecule has 3 aromatic rings. The normalized spacial score (nSPS) is 11.0. The van der Waals surface area contributed by atoms with E-state index < -0.39 is 0 Å². The highest BCUT2D eigenvalue weighted by molar-refractivity contribution is 7.09. The first-order valence-corrected chi connectivity index (χ1v) is 16.4. The van der Waals surface area contributed by atoms with Gasteiger partial charge in [0.15, 0.2) is 18.5 Å². The number of hydrogen-bond acceptors (Lipinski definition) is 4. The molecule has 222 valence electrons. The fourth-order valence-electron chi connectivity index (χ4n) is 5.16. The molecular weight excluding hydrogens is 528 g/mol. The van der Waals surface area contributed by atoms with Crippen molar-refractivity contribution in [1.82, 2.24) is 0 Å². The number of hydrogen-bond donors (Lipinski definition) is 1. The Morgan fingerprint density at radius 1 is 0.829 bits per heavy atom. The zero-order valence-corrected chi connectivity index (χ0v) is 26.2. The molecule has 1 N–H and O–H groups in total. The van der Waals surface area contributed by atoms with E-state index in [1.54, 1.807) is 24.3 Å². The summed E-state index contributed by atoms with van der Waals surface area (Å²) in [5.41, 5.74) is 5.22. The topological polar surface area (TPSA) is 59.3 Å². The van der Waals surface area contributed by atoms with Gasteiger partial charge >= 0.3 is 0 Å². The Morgan fingerprint density at radius 2 is 1.46 bits per heavy atom. The van der Waals surface area contributed by atoms with Crippen molar-refractivity contribution in [2.24, 2.45) is 0 Å². The number of aryl methyl sites for hydroxylation is 1. The van der Waals surface area contributed by atoms with E-state index in [1.807, 2.05) is 36.4 Å². The smallest absolute Gasteiger partial charge is 0.228 e. The number of nitrogens with one attached hydrogen (secondary N) is 1. The third-order valence-corrected chi connectivity index (χ3v) is 8.29. The summed E-state index contributed by atoms with van der Waals surface area (Å²) in [4.78, 5) is 26.8. The standard InChI is InChI=1S/C35H48N2O3S/c1-4-5-6-7-8-9-10-11-12-13-14-17-23-40-35-30(20-18-21-32(35)29(3)38)24-34(39)36-33-22-16-15-19-31(33)26-37-25-28(2)41-27-37/h15-16,18-22,25,27H,4-14,17,23-24,26H2,1-3H3/p+1. The van der Waals surface area contributed by atoms with Crippen molar-refractivity contribution in [3.05, 3.63) is 75.7 Å². The second kappa shape index (κ2) is 18.4. The molecule has 1 aromatic heterocycles. The van der Waals surface area contributed by atoms with E-state index in [0.29, 0.717) is 24.5 Å². The summed E-state index contributed by atoms with van der Waals surface area (Å²) in [6, 6.07) is 13.4. The molecule has 5 nitrogen and oxygen atoms in total. The number of unbranched alkanes of at least 4 members (excludes halogenated alkanes) is 11. The number of anilines is 1. The lowest BCUT2D eigenvalue weighted by Crippen LogP contribution is -2.31. The van der Waals surface area contributed by atoms with Gasteiger partial charge in [0, 0.05) is 11.1 Å². The van der Waals surface area contributed by atoms with E-state index in [0.717, 1.165) is 29.7 Å². The average Bonchev–Trinajstić information content (AvgIpc) is 3.37. The number of para-hydroxylation sites is 2. The van der Waals surface area contributed by atoms with E-state index in [4.69, 9.17) is 4.74 Å². The molecule has 0 unspecified atom stereocenters. The lowest BCUT2D eigenvalue weighted by Gasteiger charge is -2.15. The van der Waals surface area contributed by atoms with Crippen LogP contribution in [0.15, 0.2) is 54.2 Å². The Balaban J connectivity index is 1.48. The van der Waals surface area contributed by atoms with Gasteiger partial charge in [0.05, 0.1) is 29.2 Å². The molecule has 2 aromatic carbocycles. The largest absolute Gasteiger partial charge is 0.493 e. The van der Waals surface area contributed by atoms with Gasteiger partial charge in [0.2, 0.25) is 11.4 Å². The fourth-order valence-corrected chi connectivity index (χ4v) is 5.79. The maximum Gasteiger partial charge on any atom is 0.228 e. The monoisotopic (exact) mass is 577 g/mol. The summed E-state index contributed by atoms with van der Waals surface area (Å²) in [6.45, 7) is 7.14. The SMILES string of the molecule is CCCCCCCCCCCCCCOc1c(CC(=O)Nc2ccccc2C[n+]2csc(C)c2)cccc1C(C)=O. The first-order chi connectivity index (χ1) is 20.0. The van der Waals surface area contributed by atoms with Gasteiger partial charge in [-0.05, 0) is 32.4 Å². The minimum atomic E-state index is -0.125. The molecule has 0 radical (unpaired) electrons. The second-order valence-electron chi connectivity index (χ2n) is 11.1. The van der Waals surface area contributed by atoms with Crippen molar-refractivity contribution in [3.63, 3.8) is 0 Å². The van der Waals surface area contributed by atoms with Gasteiger partial charge in [-0.3, -0.25) is 9.59 Å². The van der Waals surface area contributed by atoms with Crippen LogP contribution >= 0.6 is 11.3 Å². The number of aromatic nitrogens is 1. The molecule has 1 amide bonds. The summed E-state index contributed by atoms with van der Waals surface area (Å²) in [6.07, 6.45) is 17.7. The van der Waals surface area contributed by atoms with Crippen molar-refractivity contribution in [2.75, 3.05) is 11.9 Å². The van der Waals surface area contributed by atoms with Gasteiger partial charge in [-0.1, -0.05) is 119 Å². The molecule has 0 aliphatic rings. The fraction of sp³-hybridized carbons (Fsp3) is 0.514. The van der Waals surface area contributed by atoms with Crippen molar-refractivity contribution < 1.29 is 18.9 Å². The van der Waals surface area contributed by atoms with Crippen LogP contribution in [0.5, 0.6) is 5.75 Å². The van der Waals surface area contributed by atoms with Gasteiger partial charge in [0.1, 0.15) is 5.75 Å². The second-order valence-corrected chi connectivity index (χ2v) is 12.2. The maximum atomic E-state index is 13.2. The molecule has 0 aliphatic carbocycles. The number of amides is 1. The van der Waals surface area contributed by atoms with E-state index in [2.05, 4.69) is 35.4 Å². The Hall–Kier alpha value is -2.99. The highest BCUT2D eigenvalue weighted by Gasteiger charge is 2.17. The number of nitrogens with zero attached hydrogens (tertiary/aromatic N) is 1. The number of carbonyl (C=O) groups excluding carboxylic acids is 2. The lowest BCUT2D eigenvalue weighted by atomic mass is 10.0. The number of ketones is 1. The number of rotatable bonds is 20. The third kappa shape index (κ3) is 11.8. The van der Waals surface area contributed by atoms with Gasteiger partial charge in [-0.15, -0.1) is 0 Å². The molecule has 6 heteroatoms. The van der Waals surface area contributed by atoms with Crippen LogP contribution in [0.3, 0.4) is 0 Å². The van der Waals surface area contributed by atoms with E-state index >= 15 is 0 Å². The van der Waals surface area contributed by atoms with Crippen LogP contribution in [-0.2, 0) is 17.8 Å². The van der Waals surface area contributed by atoms with Crippen LogP contribution in [0.1, 0.15) is 117 Å². The van der Waals surface area contributed by atoms with E-state index in [-0.39, 0.29) is 18.1 Å². The van der Waals surface area contributed by atoms with Crippen molar-refractivity contribution in [1.29, 1.82) is 0 Å². The Kier molecular flexibility index (Phi) is 14.6. The molecule has 0 saturated carbocycles. The molecule has 1 heterocycles. The quantitative estimate of drug-likeness (QED) is 0.0829. The van der Waals surface area contributed by atoms with Gasteiger partial charge in [0.25, 0.3) is 0 Å². The van der Waals surface area contributed by atoms with Crippen molar-refractivity contribution in [3.8, 4) is 5.75 Å². The predicted octanol–water partition coefficient (Wildman–Crippen LogP) is 8.86. The summed E-state index contributed by atoms with van der Waals surface area (Å²) in [5.74, 6) is 0.376. The summed E-state index contributed by atoms with van der Waals surface area (Å²) in [7, 11) is 0. The summed E-state index contributed by atoms with van der Waals surface area (Å²) >= 11 is 1.70. The maximum absolute atomic E-state index is 13.2. The van der Waals surface area contributed by atoms with Crippen molar-refractivity contribution >= 4 is 28.7 Å². The highest BCUT2D eigenvalue weighted by atomic mass is 32.1. The zero-order chi connectivity index (χ0) is 29.3. The lowest BCUT2D eigenvalue weighted by molar-refractivity contribution is -0.683. The first-order valence-electron chi connectivity index (χ1n) is 15.6. The van der Waals surface area contributed by atoms with E-state index in [1.165, 1.54) is 69.1 Å². The molecule has 3 rings (SSSR count). The van der Waals surface area contributed by atoms with Crippen LogP contribution in [-0.4, -0.2) is 18.3 Å². The molecule has 0 bridgehead atoms. The number of carbonyl (C=O) groups is 2. The number of benzene rings is 2. The molecule has 0 spiro atoms. The number of ether oxygens (including phenoxy) is 1. The minimum Gasteiger partial charge on any atom is -0.493 e. The average molecular weight is 578 g/mol. The molecule has 0 saturated heterocycles. The van der Waals surface area contributed by atoms with Crippen LogP contribution in [0, 0.1) is 6.92 Å². The highest BCUT2D eigenvalue weighted by Crippen LogP contribution is 2.27. The van der Waals surface area contributed by atoms with E-state index in [9.17, 15) is 9.59 Å². The van der Waals surface area contributed by atoms with Gasteiger partial charge in [-0.2, -0.15) is 4.57 Å². The molecule has 0 aliphatic heterocycles. The van der Waals surface area contributed by atoms with Crippen LogP contribution in [0.2, 0.25) is 0 Å². The summed E-state index contributed by atoms with van der Waals surface area (Å²) < 4.78 is 8.30. The van der Waals surface area contributed by atoms with Crippen LogP contribution in [0.25, 0.3) is 0 Å². The Bertz CT molecular complexity index is 1220. The zero-order valence-electron chi connectivity index (χ0n) is 25.4. The number of thiazole rings is 1. The summed E-state index contributed by atoms with van der Waals surface area (Å²) in [5, 5.41) is 3.09. The minimum absolute atomic E-state index is 0.0506. The first kappa shape index (κ1) is 32.5. The number of Topliss-reactive ketones (excluding diaryl/α,β-unsaturated/α-hetero) is 1. The van der Waals surface area contributed by atoms with Gasteiger partial charge in [-0.25, -0.2) is 0 Å². The van der Waals surface area contributed by atoms with Crippen LogP contribution < -0.4 is 14.6 Å². The Morgan fingerprint density at radius 3 is 2.10 bits per heavy atom.